The van der Waals surface area contributed by atoms with Gasteiger partial charge in [-0.25, -0.2) is 0 Å². The van der Waals surface area contributed by atoms with Crippen molar-refractivity contribution in [2.24, 2.45) is 0 Å². The van der Waals surface area contributed by atoms with Gasteiger partial charge in [-0.15, -0.1) is 11.6 Å². The Kier molecular flexibility index (Phi) is 3.35. The van der Waals surface area contributed by atoms with E-state index in [4.69, 9.17) is 11.6 Å². The molecule has 1 amide bonds. The highest BCUT2D eigenvalue weighted by Crippen LogP contribution is 2.20. The predicted octanol–water partition coefficient (Wildman–Crippen LogP) is 0.597. The van der Waals surface area contributed by atoms with Gasteiger partial charge in [-0.1, -0.05) is 0 Å². The Morgan fingerprint density at radius 3 is 3.00 bits per heavy atom. The second kappa shape index (κ2) is 4.10. The third-order valence-electron chi connectivity index (χ3n) is 2.29. The zero-order valence-corrected chi connectivity index (χ0v) is 7.92. The maximum atomic E-state index is 11.2. The van der Waals surface area contributed by atoms with Crippen LogP contribution in [0.3, 0.4) is 0 Å². The van der Waals surface area contributed by atoms with Crippen molar-refractivity contribution in [2.45, 2.75) is 31.9 Å². The molecule has 2 atom stereocenters. The number of nitrogens with zero attached hydrogens (tertiary/aromatic N) is 1. The van der Waals surface area contributed by atoms with E-state index in [-0.39, 0.29) is 17.8 Å². The van der Waals surface area contributed by atoms with Gasteiger partial charge in [0.15, 0.2) is 0 Å². The van der Waals surface area contributed by atoms with Crippen LogP contribution in [0.4, 0.5) is 0 Å². The number of hydrogen-bond acceptors (Lipinski definition) is 2. The zero-order chi connectivity index (χ0) is 9.14. The van der Waals surface area contributed by atoms with Crippen LogP contribution in [-0.2, 0) is 4.79 Å². The molecule has 1 saturated heterocycles. The Morgan fingerprint density at radius 2 is 2.50 bits per heavy atom. The van der Waals surface area contributed by atoms with Crippen LogP contribution in [0.2, 0.25) is 0 Å². The van der Waals surface area contributed by atoms with Crippen LogP contribution in [0.15, 0.2) is 0 Å². The minimum Gasteiger partial charge on any atom is -0.391 e. The molecule has 1 heterocycles. The molecule has 12 heavy (non-hydrogen) atoms. The summed E-state index contributed by atoms with van der Waals surface area (Å²) in [6.45, 7) is 2.45. The van der Waals surface area contributed by atoms with E-state index < -0.39 is 6.10 Å². The highest BCUT2D eigenvalue weighted by molar-refractivity contribution is 6.27. The van der Waals surface area contributed by atoms with Crippen molar-refractivity contribution in [3.63, 3.8) is 0 Å². The largest absolute Gasteiger partial charge is 0.391 e. The fourth-order valence-electron chi connectivity index (χ4n) is 1.68. The number of aliphatic hydroxyl groups excluding tert-OH is 1. The molecule has 4 heteroatoms. The van der Waals surface area contributed by atoms with E-state index in [2.05, 4.69) is 0 Å². The molecule has 0 unspecified atom stereocenters. The monoisotopic (exact) mass is 191 g/mol. The highest BCUT2D eigenvalue weighted by atomic mass is 35.5. The Morgan fingerprint density at radius 1 is 1.83 bits per heavy atom. The molecule has 1 aliphatic rings. The van der Waals surface area contributed by atoms with E-state index in [9.17, 15) is 9.90 Å². The van der Waals surface area contributed by atoms with Crippen LogP contribution in [-0.4, -0.2) is 40.5 Å². The van der Waals surface area contributed by atoms with Crippen molar-refractivity contribution in [3.05, 3.63) is 0 Å². The smallest absolute Gasteiger partial charge is 0.237 e. The van der Waals surface area contributed by atoms with E-state index in [1.807, 2.05) is 0 Å². The first-order valence-corrected chi connectivity index (χ1v) is 4.73. The third-order valence-corrected chi connectivity index (χ3v) is 2.52. The van der Waals surface area contributed by atoms with Crippen molar-refractivity contribution < 1.29 is 9.90 Å². The summed E-state index contributed by atoms with van der Waals surface area (Å²) in [6, 6.07) is -0.0174. The van der Waals surface area contributed by atoms with Crippen LogP contribution in [0.5, 0.6) is 0 Å². The highest BCUT2D eigenvalue weighted by Gasteiger charge is 2.30. The number of rotatable bonds is 2. The van der Waals surface area contributed by atoms with Gasteiger partial charge in [0.2, 0.25) is 5.91 Å². The molecular weight excluding hydrogens is 178 g/mol. The second-order valence-electron chi connectivity index (χ2n) is 3.17. The molecular formula is C8H14ClNO2. The van der Waals surface area contributed by atoms with E-state index in [1.165, 1.54) is 0 Å². The lowest BCUT2D eigenvalue weighted by Crippen LogP contribution is -2.42. The maximum Gasteiger partial charge on any atom is 0.237 e. The SMILES string of the molecule is C[C@H](O)[C@@H]1CCCN1C(=O)CCl. The van der Waals surface area contributed by atoms with Crippen molar-refractivity contribution in [3.8, 4) is 0 Å². The first-order valence-electron chi connectivity index (χ1n) is 4.20. The summed E-state index contributed by atoms with van der Waals surface area (Å²) in [4.78, 5) is 12.9. The minimum absolute atomic E-state index is 0.0171. The summed E-state index contributed by atoms with van der Waals surface area (Å²) < 4.78 is 0. The number of halogens is 1. The van der Waals surface area contributed by atoms with E-state index in [0.29, 0.717) is 0 Å². The fraction of sp³-hybridized carbons (Fsp3) is 0.875. The lowest BCUT2D eigenvalue weighted by molar-refractivity contribution is -0.131. The summed E-state index contributed by atoms with van der Waals surface area (Å²) in [5.41, 5.74) is 0. The Hall–Kier alpha value is -0.280. The Labute approximate surface area is 77.3 Å². The standard InChI is InChI=1S/C8H14ClNO2/c1-6(11)7-3-2-4-10(7)8(12)5-9/h6-7,11H,2-5H2,1H3/t6-,7-/m0/s1. The summed E-state index contributed by atoms with van der Waals surface area (Å²) in [5, 5.41) is 9.33. The number of alkyl halides is 1. The molecule has 0 aromatic rings. The average molecular weight is 192 g/mol. The second-order valence-corrected chi connectivity index (χ2v) is 3.44. The van der Waals surface area contributed by atoms with E-state index >= 15 is 0 Å². The minimum atomic E-state index is -0.445. The van der Waals surface area contributed by atoms with Crippen LogP contribution < -0.4 is 0 Å². The number of amides is 1. The van der Waals surface area contributed by atoms with Gasteiger partial charge in [0.25, 0.3) is 0 Å². The maximum absolute atomic E-state index is 11.2. The van der Waals surface area contributed by atoms with Crippen molar-refractivity contribution in [2.75, 3.05) is 12.4 Å². The van der Waals surface area contributed by atoms with Crippen molar-refractivity contribution in [1.82, 2.24) is 4.90 Å². The van der Waals surface area contributed by atoms with Crippen LogP contribution in [0.1, 0.15) is 19.8 Å². The normalized spacial score (nSPS) is 25.9. The van der Waals surface area contributed by atoms with Crippen LogP contribution >= 0.6 is 11.6 Å². The van der Waals surface area contributed by atoms with Gasteiger partial charge in [0.1, 0.15) is 5.88 Å². The first kappa shape index (κ1) is 9.81. The van der Waals surface area contributed by atoms with E-state index in [0.717, 1.165) is 19.4 Å². The molecule has 0 aliphatic carbocycles. The lowest BCUT2D eigenvalue weighted by atomic mass is 10.1. The van der Waals surface area contributed by atoms with Gasteiger partial charge >= 0.3 is 0 Å². The molecule has 0 aromatic carbocycles. The molecule has 1 rings (SSSR count). The number of aliphatic hydroxyl groups is 1. The van der Waals surface area contributed by atoms with Gasteiger partial charge in [0.05, 0.1) is 12.1 Å². The molecule has 0 spiro atoms. The van der Waals surface area contributed by atoms with Gasteiger partial charge in [-0.2, -0.15) is 0 Å². The molecule has 0 radical (unpaired) electrons. The lowest BCUT2D eigenvalue weighted by Gasteiger charge is -2.25. The summed E-state index contributed by atoms with van der Waals surface area (Å²) in [6.07, 6.45) is 1.41. The Bertz CT molecular complexity index is 172. The summed E-state index contributed by atoms with van der Waals surface area (Å²) >= 11 is 5.43. The van der Waals surface area contributed by atoms with Gasteiger partial charge in [0, 0.05) is 6.54 Å². The number of hydrogen-bond donors (Lipinski definition) is 1. The third kappa shape index (κ3) is 1.90. The molecule has 0 saturated carbocycles. The Balaban J connectivity index is 2.57. The first-order chi connectivity index (χ1) is 5.66. The fourth-order valence-corrected chi connectivity index (χ4v) is 1.83. The molecule has 1 aliphatic heterocycles. The van der Waals surface area contributed by atoms with Crippen molar-refractivity contribution >= 4 is 17.5 Å². The molecule has 70 valence electrons. The topological polar surface area (TPSA) is 40.5 Å². The van der Waals surface area contributed by atoms with Gasteiger partial charge < -0.3 is 10.0 Å². The van der Waals surface area contributed by atoms with Crippen molar-refractivity contribution in [1.29, 1.82) is 0 Å². The van der Waals surface area contributed by atoms with Crippen LogP contribution in [0.25, 0.3) is 0 Å². The number of carbonyl (C=O) groups is 1. The molecule has 1 N–H and O–H groups in total. The molecule has 3 nitrogen and oxygen atoms in total. The predicted molar refractivity (Wildman–Crippen MR) is 47.1 cm³/mol. The zero-order valence-electron chi connectivity index (χ0n) is 7.16. The molecule has 0 aromatic heterocycles. The average Bonchev–Trinajstić information content (AvgIpc) is 2.50. The summed E-state index contributed by atoms with van der Waals surface area (Å²) in [7, 11) is 0. The molecule has 0 bridgehead atoms. The van der Waals surface area contributed by atoms with Gasteiger partial charge in [-0.05, 0) is 19.8 Å². The summed E-state index contributed by atoms with van der Waals surface area (Å²) in [5.74, 6) is -0.0523. The van der Waals surface area contributed by atoms with E-state index in [1.54, 1.807) is 11.8 Å². The number of likely N-dealkylation sites (tertiary alicyclic amines) is 1. The number of carbonyl (C=O) groups excluding carboxylic acids is 1. The van der Waals surface area contributed by atoms with Gasteiger partial charge in [-0.3, -0.25) is 4.79 Å². The van der Waals surface area contributed by atoms with Crippen LogP contribution in [0, 0.1) is 0 Å². The quantitative estimate of drug-likeness (QED) is 0.650. The molecule has 1 fully saturated rings.